The van der Waals surface area contributed by atoms with E-state index in [2.05, 4.69) is 30.9 Å². The molecule has 2 rings (SSSR count). The van der Waals surface area contributed by atoms with Gasteiger partial charge in [0.2, 0.25) is 0 Å². The van der Waals surface area contributed by atoms with E-state index in [1.165, 1.54) is 31.2 Å². The Bertz CT molecular complexity index is 643. The molecule has 1 aliphatic rings. The molecular formula is C27H47NO6. The number of nitrogens with zero attached hydrogens (tertiary/aromatic N) is 1. The summed E-state index contributed by atoms with van der Waals surface area (Å²) in [5, 5.41) is 31.5. The fourth-order valence-electron chi connectivity index (χ4n) is 4.26. The minimum Gasteiger partial charge on any atom is -0.492 e. The first-order valence-electron chi connectivity index (χ1n) is 13.2. The summed E-state index contributed by atoms with van der Waals surface area (Å²) in [6.07, 6.45) is 4.70. The minimum absolute atomic E-state index is 0.0849. The fraction of sp³-hybridized carbons (Fsp3) is 0.778. The van der Waals surface area contributed by atoms with Crippen molar-refractivity contribution in [2.45, 2.75) is 103 Å². The number of rotatable bonds is 17. The molecule has 0 aliphatic carbocycles. The van der Waals surface area contributed by atoms with Gasteiger partial charge in [-0.15, -0.1) is 0 Å². The first kappa shape index (κ1) is 29.0. The van der Waals surface area contributed by atoms with Gasteiger partial charge in [-0.25, -0.2) is 0 Å². The summed E-state index contributed by atoms with van der Waals surface area (Å²) in [6, 6.07) is 8.31. The molecule has 7 nitrogen and oxygen atoms in total. The van der Waals surface area contributed by atoms with Gasteiger partial charge in [-0.3, -0.25) is 4.90 Å². The van der Waals surface area contributed by atoms with Crippen LogP contribution < -0.4 is 4.74 Å². The molecule has 34 heavy (non-hydrogen) atoms. The maximum atomic E-state index is 10.7. The molecule has 1 aromatic rings. The van der Waals surface area contributed by atoms with Gasteiger partial charge in [-0.2, -0.15) is 0 Å². The maximum absolute atomic E-state index is 10.7. The van der Waals surface area contributed by atoms with Crippen LogP contribution in [0.1, 0.15) is 71.3 Å². The van der Waals surface area contributed by atoms with Crippen molar-refractivity contribution in [1.82, 2.24) is 4.90 Å². The van der Waals surface area contributed by atoms with E-state index in [4.69, 9.17) is 14.2 Å². The third kappa shape index (κ3) is 10.6. The number of hydrogen-bond acceptors (Lipinski definition) is 7. The predicted octanol–water partition coefficient (Wildman–Crippen LogP) is 3.52. The fourth-order valence-corrected chi connectivity index (χ4v) is 4.26. The van der Waals surface area contributed by atoms with Gasteiger partial charge < -0.3 is 29.5 Å². The molecule has 0 aromatic heterocycles. The normalized spacial score (nSPS) is 22.6. The third-order valence-corrected chi connectivity index (χ3v) is 6.40. The lowest BCUT2D eigenvalue weighted by Gasteiger charge is -2.37. The second kappa shape index (κ2) is 16.5. The Morgan fingerprint density at radius 3 is 2.41 bits per heavy atom. The summed E-state index contributed by atoms with van der Waals surface area (Å²) in [5.74, 6) is 0.846. The zero-order chi connectivity index (χ0) is 24.8. The van der Waals surface area contributed by atoms with Crippen molar-refractivity contribution in [1.29, 1.82) is 0 Å². The Labute approximate surface area is 206 Å². The predicted molar refractivity (Wildman–Crippen MR) is 134 cm³/mol. The molecule has 7 heteroatoms. The molecule has 0 spiro atoms. The maximum Gasteiger partial charge on any atom is 0.155 e. The van der Waals surface area contributed by atoms with Crippen LogP contribution in [-0.2, 0) is 15.9 Å². The van der Waals surface area contributed by atoms with Crippen LogP contribution in [0.25, 0.3) is 0 Å². The molecular weight excluding hydrogens is 434 g/mol. The molecule has 5 atom stereocenters. The highest BCUT2D eigenvalue weighted by molar-refractivity contribution is 5.27. The van der Waals surface area contributed by atoms with Gasteiger partial charge in [-0.05, 0) is 50.4 Å². The molecule has 1 saturated heterocycles. The lowest BCUT2D eigenvalue weighted by molar-refractivity contribution is -0.272. The smallest absolute Gasteiger partial charge is 0.155 e. The Morgan fingerprint density at radius 1 is 1.00 bits per heavy atom. The van der Waals surface area contributed by atoms with E-state index in [1.807, 2.05) is 12.1 Å². The third-order valence-electron chi connectivity index (χ3n) is 6.40. The van der Waals surface area contributed by atoms with Gasteiger partial charge >= 0.3 is 0 Å². The Morgan fingerprint density at radius 2 is 1.71 bits per heavy atom. The quantitative estimate of drug-likeness (QED) is 0.293. The van der Waals surface area contributed by atoms with Gasteiger partial charge in [-0.1, -0.05) is 58.1 Å². The van der Waals surface area contributed by atoms with E-state index < -0.39 is 30.7 Å². The summed E-state index contributed by atoms with van der Waals surface area (Å²) in [6.45, 7) is 8.44. The van der Waals surface area contributed by atoms with Crippen molar-refractivity contribution in [3.05, 3.63) is 29.8 Å². The Hall–Kier alpha value is -1.22. The van der Waals surface area contributed by atoms with Crippen LogP contribution in [-0.4, -0.2) is 83.8 Å². The average Bonchev–Trinajstić information content (AvgIpc) is 2.83. The summed E-state index contributed by atoms with van der Waals surface area (Å²) in [7, 11) is 0. The van der Waals surface area contributed by atoms with Gasteiger partial charge in [0.1, 0.15) is 30.7 Å². The van der Waals surface area contributed by atoms with Crippen LogP contribution in [0, 0.1) is 0 Å². The number of ether oxygens (including phenoxy) is 3. The van der Waals surface area contributed by atoms with Crippen LogP contribution in [0.3, 0.4) is 0 Å². The van der Waals surface area contributed by atoms with Gasteiger partial charge in [0.25, 0.3) is 0 Å². The number of unbranched alkanes of at least 4 members (excludes halogenated alkanes) is 5. The van der Waals surface area contributed by atoms with Crippen molar-refractivity contribution in [2.24, 2.45) is 0 Å². The molecule has 1 aromatic carbocycles. The lowest BCUT2D eigenvalue weighted by Crippen LogP contribution is -2.55. The summed E-state index contributed by atoms with van der Waals surface area (Å²) < 4.78 is 16.7. The van der Waals surface area contributed by atoms with E-state index in [-0.39, 0.29) is 13.2 Å². The number of aliphatic hydroxyl groups excluding tert-OH is 3. The van der Waals surface area contributed by atoms with Crippen LogP contribution >= 0.6 is 0 Å². The zero-order valence-corrected chi connectivity index (χ0v) is 21.4. The molecule has 0 bridgehead atoms. The second-order valence-corrected chi connectivity index (χ2v) is 9.44. The van der Waals surface area contributed by atoms with Gasteiger partial charge in [0, 0.05) is 13.1 Å². The largest absolute Gasteiger partial charge is 0.492 e. The molecule has 1 unspecified atom stereocenters. The Kier molecular flexibility index (Phi) is 14.0. The monoisotopic (exact) mass is 481 g/mol. The summed E-state index contributed by atoms with van der Waals surface area (Å²) >= 11 is 0. The van der Waals surface area contributed by atoms with E-state index in [1.54, 1.807) is 6.92 Å². The van der Waals surface area contributed by atoms with Crippen LogP contribution in [0.4, 0.5) is 0 Å². The average molecular weight is 482 g/mol. The van der Waals surface area contributed by atoms with Crippen molar-refractivity contribution in [2.75, 3.05) is 32.8 Å². The minimum atomic E-state index is -1.19. The molecule has 1 aliphatic heterocycles. The van der Waals surface area contributed by atoms with Crippen LogP contribution in [0.15, 0.2) is 24.3 Å². The van der Waals surface area contributed by atoms with Crippen molar-refractivity contribution in [3.8, 4) is 5.75 Å². The highest BCUT2D eigenvalue weighted by Crippen LogP contribution is 2.19. The number of hydrogen-bond donors (Lipinski definition) is 3. The highest BCUT2D eigenvalue weighted by atomic mass is 16.7. The lowest BCUT2D eigenvalue weighted by atomic mass is 10.0. The van der Waals surface area contributed by atoms with E-state index in [0.29, 0.717) is 13.2 Å². The van der Waals surface area contributed by atoms with Crippen LogP contribution in [0.5, 0.6) is 5.75 Å². The number of aryl methyl sites for hydroxylation is 1. The second-order valence-electron chi connectivity index (χ2n) is 9.44. The van der Waals surface area contributed by atoms with Gasteiger partial charge in [0.05, 0.1) is 12.7 Å². The van der Waals surface area contributed by atoms with E-state index >= 15 is 0 Å². The SMILES string of the molecule is CCCCCCN(CCOc1ccc(CCCCC)cc1)C[C@H](O)[C@@H](O)[C@@H]1OC(C)OC[C@H]1O. The van der Waals surface area contributed by atoms with E-state index in [9.17, 15) is 15.3 Å². The summed E-state index contributed by atoms with van der Waals surface area (Å²) in [5.41, 5.74) is 1.34. The molecule has 196 valence electrons. The summed E-state index contributed by atoms with van der Waals surface area (Å²) in [4.78, 5) is 2.12. The van der Waals surface area contributed by atoms with Crippen LogP contribution in [0.2, 0.25) is 0 Å². The highest BCUT2D eigenvalue weighted by Gasteiger charge is 2.38. The Balaban J connectivity index is 1.84. The molecule has 3 N–H and O–H groups in total. The first-order chi connectivity index (χ1) is 16.4. The van der Waals surface area contributed by atoms with E-state index in [0.717, 1.165) is 38.0 Å². The molecule has 1 heterocycles. The number of benzene rings is 1. The molecule has 0 saturated carbocycles. The molecule has 0 amide bonds. The zero-order valence-electron chi connectivity index (χ0n) is 21.4. The standard InChI is InChI=1S/C27H47NO6/c1-4-6-8-10-16-28(19-24(29)26(31)27-25(30)20-33-21(3)34-27)17-18-32-23-14-12-22(13-15-23)11-9-7-5-2/h12-15,21,24-27,29-31H,4-11,16-20H2,1-3H3/t21?,24-,25+,26+,27+/m0/s1. The van der Waals surface area contributed by atoms with Crippen molar-refractivity contribution >= 4 is 0 Å². The van der Waals surface area contributed by atoms with Gasteiger partial charge in [0.15, 0.2) is 6.29 Å². The van der Waals surface area contributed by atoms with Crippen molar-refractivity contribution < 1.29 is 29.5 Å². The van der Waals surface area contributed by atoms with Crippen molar-refractivity contribution in [3.63, 3.8) is 0 Å². The topological polar surface area (TPSA) is 91.6 Å². The molecule has 0 radical (unpaired) electrons. The number of aliphatic hydroxyl groups is 3. The first-order valence-corrected chi connectivity index (χ1v) is 13.2. The molecule has 1 fully saturated rings.